The molecule has 1 heterocycles. The predicted octanol–water partition coefficient (Wildman–Crippen LogP) is 7.01. The molecule has 1 atom stereocenters. The Morgan fingerprint density at radius 3 is 2.11 bits per heavy atom. The van der Waals surface area contributed by atoms with Gasteiger partial charge in [-0.25, -0.2) is 4.79 Å². The molecule has 36 heavy (non-hydrogen) atoms. The van der Waals surface area contributed by atoms with Crippen LogP contribution in [0.4, 0.5) is 17.1 Å². The van der Waals surface area contributed by atoms with Gasteiger partial charge in [-0.15, -0.1) is 0 Å². The van der Waals surface area contributed by atoms with Crippen LogP contribution < -0.4 is 14.5 Å². The first-order valence-electron chi connectivity index (χ1n) is 11.8. The van der Waals surface area contributed by atoms with Crippen LogP contribution >= 0.6 is 11.6 Å². The van der Waals surface area contributed by atoms with Crippen LogP contribution in [0.5, 0.6) is 5.75 Å². The fourth-order valence-electron chi connectivity index (χ4n) is 4.69. The molecule has 0 radical (unpaired) electrons. The summed E-state index contributed by atoms with van der Waals surface area (Å²) < 4.78 is 12.1. The number of nitrogens with zero attached hydrogens (tertiary/aromatic N) is 2. The molecular weight excluding hydrogens is 472 g/mol. The maximum Gasteiger partial charge on any atom is 0.341 e. The van der Waals surface area contributed by atoms with Crippen LogP contribution in [0.3, 0.4) is 0 Å². The number of esters is 1. The molecular formula is C30H27ClN2O3. The highest BCUT2D eigenvalue weighted by molar-refractivity contribution is 6.32. The number of benzene rings is 4. The van der Waals surface area contributed by atoms with Gasteiger partial charge in [-0.1, -0.05) is 48.0 Å². The van der Waals surface area contributed by atoms with Crippen LogP contribution in [0.1, 0.15) is 28.4 Å². The van der Waals surface area contributed by atoms with Gasteiger partial charge < -0.3 is 14.4 Å². The molecule has 0 N–H and O–H groups in total. The van der Waals surface area contributed by atoms with E-state index >= 15 is 0 Å². The van der Waals surface area contributed by atoms with Crippen molar-refractivity contribution in [2.24, 2.45) is 0 Å². The molecule has 182 valence electrons. The standard InChI is InChI=1S/C30H27ClN2O3/c1-4-35-24-17-14-22(15-18-24)33(21-10-6-5-7-11-21)30(26-13-9-8-12-25(26)29(34)36-30)27-19-16-23(32(2)3)20-28(27)31/h5-20H,4H2,1-3H3. The monoisotopic (exact) mass is 498 g/mol. The highest BCUT2D eigenvalue weighted by Gasteiger charge is 2.53. The Hall–Kier alpha value is -3.96. The lowest BCUT2D eigenvalue weighted by Gasteiger charge is -2.42. The molecule has 6 heteroatoms. The van der Waals surface area contributed by atoms with Gasteiger partial charge >= 0.3 is 5.97 Å². The lowest BCUT2D eigenvalue weighted by atomic mass is 9.89. The van der Waals surface area contributed by atoms with E-state index in [9.17, 15) is 4.79 Å². The maximum atomic E-state index is 13.3. The van der Waals surface area contributed by atoms with Gasteiger partial charge in [-0.05, 0) is 67.6 Å². The summed E-state index contributed by atoms with van der Waals surface area (Å²) in [5.74, 6) is 0.366. The molecule has 0 spiro atoms. The Balaban J connectivity index is 1.82. The molecule has 4 aromatic rings. The number of ether oxygens (including phenoxy) is 2. The summed E-state index contributed by atoms with van der Waals surface area (Å²) >= 11 is 6.98. The summed E-state index contributed by atoms with van der Waals surface area (Å²) in [6.07, 6.45) is 0. The average Bonchev–Trinajstić information content (AvgIpc) is 3.18. The van der Waals surface area contributed by atoms with Gasteiger partial charge in [-0.2, -0.15) is 0 Å². The molecule has 0 aliphatic carbocycles. The number of anilines is 3. The van der Waals surface area contributed by atoms with E-state index in [0.717, 1.165) is 28.4 Å². The van der Waals surface area contributed by atoms with Gasteiger partial charge in [0.1, 0.15) is 5.75 Å². The Labute approximate surface area is 216 Å². The highest BCUT2D eigenvalue weighted by Crippen LogP contribution is 2.52. The second kappa shape index (κ2) is 9.59. The van der Waals surface area contributed by atoms with Crippen molar-refractivity contribution in [1.82, 2.24) is 0 Å². The van der Waals surface area contributed by atoms with E-state index in [1.54, 1.807) is 6.07 Å². The zero-order valence-electron chi connectivity index (χ0n) is 20.4. The Morgan fingerprint density at radius 2 is 1.44 bits per heavy atom. The zero-order chi connectivity index (χ0) is 25.3. The summed E-state index contributed by atoms with van der Waals surface area (Å²) in [7, 11) is 3.92. The van der Waals surface area contributed by atoms with E-state index in [-0.39, 0.29) is 0 Å². The first-order chi connectivity index (χ1) is 17.5. The molecule has 4 aromatic carbocycles. The lowest BCUT2D eigenvalue weighted by Crippen LogP contribution is -2.45. The van der Waals surface area contributed by atoms with Crippen LogP contribution in [0, 0.1) is 0 Å². The number of halogens is 1. The summed E-state index contributed by atoms with van der Waals surface area (Å²) in [4.78, 5) is 17.3. The van der Waals surface area contributed by atoms with Crippen LogP contribution in [0.15, 0.2) is 97.1 Å². The molecule has 0 amide bonds. The third-order valence-electron chi connectivity index (χ3n) is 6.32. The van der Waals surface area contributed by atoms with Crippen molar-refractivity contribution < 1.29 is 14.3 Å². The van der Waals surface area contributed by atoms with Gasteiger partial charge in [0.15, 0.2) is 0 Å². The lowest BCUT2D eigenvalue weighted by molar-refractivity contribution is 0.0134. The van der Waals surface area contributed by atoms with Crippen LogP contribution in [-0.4, -0.2) is 26.7 Å². The van der Waals surface area contributed by atoms with E-state index in [2.05, 4.69) is 0 Å². The van der Waals surface area contributed by atoms with Gasteiger partial charge in [-0.3, -0.25) is 4.90 Å². The van der Waals surface area contributed by atoms with Crippen molar-refractivity contribution in [2.45, 2.75) is 12.6 Å². The average molecular weight is 499 g/mol. The highest BCUT2D eigenvalue weighted by atomic mass is 35.5. The molecule has 1 unspecified atom stereocenters. The normalized spacial score (nSPS) is 16.3. The molecule has 1 aliphatic heterocycles. The minimum atomic E-state index is -1.33. The van der Waals surface area contributed by atoms with E-state index in [4.69, 9.17) is 21.1 Å². The number of rotatable bonds is 7. The molecule has 0 bridgehead atoms. The number of carbonyl (C=O) groups is 1. The van der Waals surface area contributed by atoms with Crippen molar-refractivity contribution in [3.8, 4) is 5.75 Å². The molecule has 0 fully saturated rings. The van der Waals surface area contributed by atoms with Gasteiger partial charge in [0.2, 0.25) is 5.72 Å². The van der Waals surface area contributed by atoms with Gasteiger partial charge in [0.25, 0.3) is 0 Å². The zero-order valence-corrected chi connectivity index (χ0v) is 21.2. The summed E-state index contributed by atoms with van der Waals surface area (Å²) in [6, 6.07) is 31.0. The van der Waals surface area contributed by atoms with Crippen molar-refractivity contribution >= 4 is 34.6 Å². The SMILES string of the molecule is CCOc1ccc(N(c2ccccc2)C2(c3ccc(N(C)C)cc3Cl)OC(=O)c3ccccc32)cc1. The summed E-state index contributed by atoms with van der Waals surface area (Å²) in [6.45, 7) is 2.53. The van der Waals surface area contributed by atoms with Crippen molar-refractivity contribution in [1.29, 1.82) is 0 Å². The van der Waals surface area contributed by atoms with E-state index in [0.29, 0.717) is 22.8 Å². The smallest absolute Gasteiger partial charge is 0.341 e. The van der Waals surface area contributed by atoms with Crippen LogP contribution in [0.2, 0.25) is 5.02 Å². The molecule has 0 saturated carbocycles. The third kappa shape index (κ3) is 3.95. The quantitative estimate of drug-likeness (QED) is 0.256. The maximum absolute atomic E-state index is 13.3. The number of hydrogen-bond donors (Lipinski definition) is 0. The first kappa shape index (κ1) is 23.8. The number of para-hydroxylation sites is 1. The minimum absolute atomic E-state index is 0.398. The number of hydrogen-bond acceptors (Lipinski definition) is 5. The molecule has 0 saturated heterocycles. The molecule has 5 nitrogen and oxygen atoms in total. The van der Waals surface area contributed by atoms with Gasteiger partial charge in [0.05, 0.1) is 17.2 Å². The first-order valence-corrected chi connectivity index (χ1v) is 12.2. The van der Waals surface area contributed by atoms with Crippen molar-refractivity contribution in [3.63, 3.8) is 0 Å². The number of carbonyl (C=O) groups excluding carboxylic acids is 1. The van der Waals surface area contributed by atoms with Crippen LogP contribution in [0.25, 0.3) is 0 Å². The second-order valence-electron chi connectivity index (χ2n) is 8.74. The molecule has 5 rings (SSSR count). The summed E-state index contributed by atoms with van der Waals surface area (Å²) in [5.41, 5.74) is 3.20. The Bertz CT molecular complexity index is 1390. The van der Waals surface area contributed by atoms with E-state index < -0.39 is 11.7 Å². The predicted molar refractivity (Wildman–Crippen MR) is 145 cm³/mol. The van der Waals surface area contributed by atoms with Crippen LogP contribution in [-0.2, 0) is 10.5 Å². The van der Waals surface area contributed by atoms with E-state index in [1.807, 2.05) is 122 Å². The van der Waals surface area contributed by atoms with Gasteiger partial charge in [0, 0.05) is 42.3 Å². The topological polar surface area (TPSA) is 42.0 Å². The summed E-state index contributed by atoms with van der Waals surface area (Å²) in [5, 5.41) is 0.498. The van der Waals surface area contributed by atoms with Crippen molar-refractivity contribution in [3.05, 3.63) is 119 Å². The molecule has 0 aromatic heterocycles. The Kier molecular flexibility index (Phi) is 6.33. The van der Waals surface area contributed by atoms with E-state index in [1.165, 1.54) is 0 Å². The van der Waals surface area contributed by atoms with Crippen molar-refractivity contribution in [2.75, 3.05) is 30.5 Å². The Morgan fingerprint density at radius 1 is 0.806 bits per heavy atom. The number of fused-ring (bicyclic) bond motifs is 1. The minimum Gasteiger partial charge on any atom is -0.494 e. The fraction of sp³-hybridized carbons (Fsp3) is 0.167. The second-order valence-corrected chi connectivity index (χ2v) is 9.14. The number of cyclic esters (lactones) is 1. The third-order valence-corrected chi connectivity index (χ3v) is 6.63. The molecule has 1 aliphatic rings. The fourth-order valence-corrected chi connectivity index (χ4v) is 5.00. The largest absolute Gasteiger partial charge is 0.494 e.